The lowest BCUT2D eigenvalue weighted by Crippen LogP contribution is -2.30. The van der Waals surface area contributed by atoms with Gasteiger partial charge in [0.1, 0.15) is 0 Å². The zero-order valence-corrected chi connectivity index (χ0v) is 15.8. The van der Waals surface area contributed by atoms with Gasteiger partial charge in [-0.15, -0.1) is 5.10 Å². The Morgan fingerprint density at radius 3 is 2.60 bits per heavy atom. The number of rotatable bonds is 3. The van der Waals surface area contributed by atoms with E-state index in [1.807, 2.05) is 32.9 Å². The van der Waals surface area contributed by atoms with Crippen LogP contribution in [0, 0.1) is 13.8 Å². The summed E-state index contributed by atoms with van der Waals surface area (Å²) in [5.74, 6) is 0.202. The average Bonchev–Trinajstić information content (AvgIpc) is 2.97. The van der Waals surface area contributed by atoms with Gasteiger partial charge in [0, 0.05) is 28.5 Å². The Balaban J connectivity index is 1.93. The quantitative estimate of drug-likeness (QED) is 0.694. The molecule has 0 aliphatic carbocycles. The van der Waals surface area contributed by atoms with Crippen molar-refractivity contribution in [3.05, 3.63) is 57.1 Å². The summed E-state index contributed by atoms with van der Waals surface area (Å²) in [5.41, 5.74) is 2.49. The second kappa shape index (κ2) is 6.61. The van der Waals surface area contributed by atoms with Crippen LogP contribution in [-0.4, -0.2) is 37.4 Å². The summed E-state index contributed by atoms with van der Waals surface area (Å²) in [6.07, 6.45) is 0. The van der Waals surface area contributed by atoms with Gasteiger partial charge >= 0.3 is 0 Å². The van der Waals surface area contributed by atoms with Crippen LogP contribution in [0.15, 0.2) is 24.3 Å². The maximum absolute atomic E-state index is 12.8. The number of amides is 1. The minimum atomic E-state index is -0.305. The first-order valence-electron chi connectivity index (χ1n) is 7.71. The van der Waals surface area contributed by atoms with Gasteiger partial charge in [-0.3, -0.25) is 4.79 Å². The van der Waals surface area contributed by atoms with Gasteiger partial charge < -0.3 is 4.90 Å². The molecule has 1 amide bonds. The van der Waals surface area contributed by atoms with Crippen LogP contribution in [0.5, 0.6) is 0 Å². The fourth-order valence-corrected chi connectivity index (χ4v) is 3.21. The Hall–Kier alpha value is -2.18. The van der Waals surface area contributed by atoms with Crippen LogP contribution in [0.25, 0.3) is 5.78 Å². The van der Waals surface area contributed by atoms with Crippen molar-refractivity contribution in [2.75, 3.05) is 7.05 Å². The minimum Gasteiger partial charge on any atom is -0.332 e. The van der Waals surface area contributed by atoms with Gasteiger partial charge in [-0.25, -0.2) is 9.50 Å². The molecule has 0 aliphatic heterocycles. The van der Waals surface area contributed by atoms with E-state index in [-0.39, 0.29) is 17.8 Å². The van der Waals surface area contributed by atoms with Crippen LogP contribution in [0.4, 0.5) is 0 Å². The molecule has 1 atom stereocenters. The standard InChI is InChI=1S/C17H17Cl2N5O/c1-9-7-10(2)24-17(20-9)21-15(22-24)16(25)23(4)11(3)13-6-5-12(18)8-14(13)19/h5-8,11H,1-4H3. The van der Waals surface area contributed by atoms with Gasteiger partial charge in [-0.05, 0) is 44.5 Å². The average molecular weight is 378 g/mol. The van der Waals surface area contributed by atoms with Crippen molar-refractivity contribution in [2.45, 2.75) is 26.8 Å². The Kier molecular flexibility index (Phi) is 4.67. The maximum Gasteiger partial charge on any atom is 0.293 e. The second-order valence-electron chi connectivity index (χ2n) is 5.94. The van der Waals surface area contributed by atoms with Gasteiger partial charge in [-0.2, -0.15) is 4.98 Å². The van der Waals surface area contributed by atoms with E-state index >= 15 is 0 Å². The molecule has 0 fully saturated rings. The molecule has 2 heterocycles. The highest BCUT2D eigenvalue weighted by Gasteiger charge is 2.24. The predicted molar refractivity (Wildman–Crippen MR) is 97.2 cm³/mol. The lowest BCUT2D eigenvalue weighted by molar-refractivity contribution is 0.0730. The lowest BCUT2D eigenvalue weighted by Gasteiger charge is -2.25. The molecule has 1 aromatic carbocycles. The normalized spacial score (nSPS) is 12.4. The first kappa shape index (κ1) is 17.6. The van der Waals surface area contributed by atoms with Crippen LogP contribution < -0.4 is 0 Å². The Bertz CT molecular complexity index is 969. The third kappa shape index (κ3) is 3.32. The van der Waals surface area contributed by atoms with E-state index < -0.39 is 0 Å². The van der Waals surface area contributed by atoms with Crippen molar-refractivity contribution in [1.29, 1.82) is 0 Å². The number of halogens is 2. The first-order valence-corrected chi connectivity index (χ1v) is 8.46. The van der Waals surface area contributed by atoms with Crippen molar-refractivity contribution in [3.8, 4) is 0 Å². The topological polar surface area (TPSA) is 63.4 Å². The van der Waals surface area contributed by atoms with E-state index in [2.05, 4.69) is 15.1 Å². The van der Waals surface area contributed by atoms with Gasteiger partial charge in [0.2, 0.25) is 5.82 Å². The van der Waals surface area contributed by atoms with Crippen molar-refractivity contribution in [3.63, 3.8) is 0 Å². The molecule has 25 heavy (non-hydrogen) atoms. The maximum atomic E-state index is 12.8. The molecular weight excluding hydrogens is 361 g/mol. The summed E-state index contributed by atoms with van der Waals surface area (Å²) in [6, 6.07) is 6.84. The van der Waals surface area contributed by atoms with Crippen LogP contribution in [0.3, 0.4) is 0 Å². The zero-order valence-electron chi connectivity index (χ0n) is 14.3. The van der Waals surface area contributed by atoms with E-state index in [9.17, 15) is 4.79 Å². The number of aromatic nitrogens is 4. The van der Waals surface area contributed by atoms with Crippen LogP contribution in [0.2, 0.25) is 10.0 Å². The van der Waals surface area contributed by atoms with Crippen molar-refractivity contribution < 1.29 is 4.79 Å². The van der Waals surface area contributed by atoms with Crippen LogP contribution in [0.1, 0.15) is 40.5 Å². The van der Waals surface area contributed by atoms with Crippen molar-refractivity contribution >= 4 is 34.9 Å². The van der Waals surface area contributed by atoms with E-state index in [1.54, 1.807) is 28.6 Å². The number of aryl methyl sites for hydroxylation is 2. The summed E-state index contributed by atoms with van der Waals surface area (Å²) in [4.78, 5) is 22.9. The van der Waals surface area contributed by atoms with Gasteiger partial charge in [0.05, 0.1) is 6.04 Å². The predicted octanol–water partition coefficient (Wildman–Crippen LogP) is 3.88. The Labute approximate surface area is 155 Å². The smallest absolute Gasteiger partial charge is 0.293 e. The summed E-state index contributed by atoms with van der Waals surface area (Å²) in [5, 5.41) is 5.34. The SMILES string of the molecule is Cc1cc(C)n2nc(C(=O)N(C)C(C)c3ccc(Cl)cc3Cl)nc2n1. The summed E-state index contributed by atoms with van der Waals surface area (Å²) < 4.78 is 1.56. The van der Waals surface area contributed by atoms with Crippen molar-refractivity contribution in [1.82, 2.24) is 24.5 Å². The Morgan fingerprint density at radius 2 is 1.92 bits per heavy atom. The van der Waals surface area contributed by atoms with E-state index in [0.29, 0.717) is 15.8 Å². The molecule has 0 bridgehead atoms. The summed E-state index contributed by atoms with van der Waals surface area (Å²) in [6.45, 7) is 5.65. The number of benzene rings is 1. The Morgan fingerprint density at radius 1 is 1.20 bits per heavy atom. The fraction of sp³-hybridized carbons (Fsp3) is 0.294. The molecule has 0 saturated carbocycles. The molecular formula is C17H17Cl2N5O. The molecule has 2 aromatic heterocycles. The van der Waals surface area contributed by atoms with E-state index in [1.165, 1.54) is 0 Å². The minimum absolute atomic E-state index is 0.0978. The number of hydrogen-bond donors (Lipinski definition) is 0. The molecule has 0 spiro atoms. The molecule has 0 aliphatic rings. The van der Waals surface area contributed by atoms with Gasteiger partial charge in [-0.1, -0.05) is 29.3 Å². The number of hydrogen-bond acceptors (Lipinski definition) is 4. The molecule has 0 saturated heterocycles. The molecule has 3 aromatic rings. The third-order valence-electron chi connectivity index (χ3n) is 4.12. The largest absolute Gasteiger partial charge is 0.332 e. The van der Waals surface area contributed by atoms with Gasteiger partial charge in [0.25, 0.3) is 11.7 Å². The molecule has 6 nitrogen and oxygen atoms in total. The lowest BCUT2D eigenvalue weighted by atomic mass is 10.1. The molecule has 8 heteroatoms. The van der Waals surface area contributed by atoms with Crippen LogP contribution >= 0.6 is 23.2 Å². The summed E-state index contributed by atoms with van der Waals surface area (Å²) in [7, 11) is 1.69. The zero-order chi connectivity index (χ0) is 18.3. The highest BCUT2D eigenvalue weighted by Crippen LogP contribution is 2.29. The third-order valence-corrected chi connectivity index (χ3v) is 4.69. The second-order valence-corrected chi connectivity index (χ2v) is 6.79. The van der Waals surface area contributed by atoms with Gasteiger partial charge in [0.15, 0.2) is 0 Å². The molecule has 3 rings (SSSR count). The van der Waals surface area contributed by atoms with E-state index in [4.69, 9.17) is 23.2 Å². The van der Waals surface area contributed by atoms with Crippen molar-refractivity contribution in [2.24, 2.45) is 0 Å². The van der Waals surface area contributed by atoms with Crippen LogP contribution in [-0.2, 0) is 0 Å². The first-order chi connectivity index (χ1) is 11.8. The number of carbonyl (C=O) groups excluding carboxylic acids is 1. The highest BCUT2D eigenvalue weighted by atomic mass is 35.5. The molecule has 130 valence electrons. The van der Waals surface area contributed by atoms with E-state index in [0.717, 1.165) is 17.0 Å². The molecule has 0 N–H and O–H groups in total. The number of carbonyl (C=O) groups is 1. The fourth-order valence-electron chi connectivity index (χ4n) is 2.64. The highest BCUT2D eigenvalue weighted by molar-refractivity contribution is 6.35. The molecule has 0 radical (unpaired) electrons. The number of fused-ring (bicyclic) bond motifs is 1. The monoisotopic (exact) mass is 377 g/mol. The molecule has 1 unspecified atom stereocenters. The summed E-state index contributed by atoms with van der Waals surface area (Å²) >= 11 is 12.2. The number of nitrogens with zero attached hydrogens (tertiary/aromatic N) is 5.